The number of hydrogen-bond donors (Lipinski definition) is 2. The zero-order valence-corrected chi connectivity index (χ0v) is 14.5. The van der Waals surface area contributed by atoms with Gasteiger partial charge in [-0.3, -0.25) is 4.79 Å². The Bertz CT molecular complexity index is 777. The van der Waals surface area contributed by atoms with Gasteiger partial charge in [-0.2, -0.15) is 13.2 Å². The maximum absolute atomic E-state index is 12.8. The fraction of sp³-hybridized carbons (Fsp3) is 0.312. The number of anilines is 1. The van der Waals surface area contributed by atoms with Crippen molar-refractivity contribution in [2.24, 2.45) is 0 Å². The van der Waals surface area contributed by atoms with Crippen LogP contribution in [0.25, 0.3) is 11.3 Å². The summed E-state index contributed by atoms with van der Waals surface area (Å²) in [5.74, 6) is -0.383. The van der Waals surface area contributed by atoms with Crippen molar-refractivity contribution in [2.75, 3.05) is 18.5 Å². The molecule has 2 rings (SSSR count). The van der Waals surface area contributed by atoms with Crippen molar-refractivity contribution in [1.29, 1.82) is 0 Å². The van der Waals surface area contributed by atoms with Crippen LogP contribution < -0.4 is 10.6 Å². The van der Waals surface area contributed by atoms with Crippen LogP contribution in [0.5, 0.6) is 0 Å². The van der Waals surface area contributed by atoms with Crippen LogP contribution in [0.4, 0.5) is 23.1 Å². The summed E-state index contributed by atoms with van der Waals surface area (Å²) in [6, 6.07) is 4.80. The maximum Gasteiger partial charge on any atom is 0.416 e. The van der Waals surface area contributed by atoms with Crippen molar-refractivity contribution in [2.45, 2.75) is 19.5 Å². The monoisotopic (exact) mass is 387 g/mol. The van der Waals surface area contributed by atoms with Crippen LogP contribution in [0.1, 0.15) is 18.9 Å². The summed E-state index contributed by atoms with van der Waals surface area (Å²) in [5.41, 5.74) is -0.125. The SMILES string of the molecule is CCOC(=O)NCCC(=O)Nc1nc(-c2cccc(C(F)(F)F)c2)cs1. The minimum absolute atomic E-state index is 0.0112. The summed E-state index contributed by atoms with van der Waals surface area (Å²) < 4.78 is 43.0. The number of benzene rings is 1. The largest absolute Gasteiger partial charge is 0.450 e. The highest BCUT2D eigenvalue weighted by Crippen LogP contribution is 2.33. The summed E-state index contributed by atoms with van der Waals surface area (Å²) in [6.45, 7) is 1.99. The fourth-order valence-corrected chi connectivity index (χ4v) is 2.70. The summed E-state index contributed by atoms with van der Waals surface area (Å²) in [4.78, 5) is 27.0. The summed E-state index contributed by atoms with van der Waals surface area (Å²) in [7, 11) is 0. The predicted molar refractivity (Wildman–Crippen MR) is 90.8 cm³/mol. The van der Waals surface area contributed by atoms with Gasteiger partial charge in [-0.25, -0.2) is 9.78 Å². The van der Waals surface area contributed by atoms with Crippen molar-refractivity contribution < 1.29 is 27.5 Å². The standard InChI is InChI=1S/C16H16F3N3O3S/c1-2-25-15(24)20-7-6-13(23)22-14-21-12(9-26-14)10-4-3-5-11(8-10)16(17,18)19/h3-5,8-9H,2,6-7H2,1H3,(H,20,24)(H,21,22,23). The maximum atomic E-state index is 12.8. The minimum atomic E-state index is -4.44. The lowest BCUT2D eigenvalue weighted by Gasteiger charge is -2.07. The van der Waals surface area contributed by atoms with Gasteiger partial charge in [-0.05, 0) is 19.1 Å². The molecule has 6 nitrogen and oxygen atoms in total. The van der Waals surface area contributed by atoms with Crippen LogP contribution in [0.15, 0.2) is 29.6 Å². The van der Waals surface area contributed by atoms with Gasteiger partial charge in [0.15, 0.2) is 5.13 Å². The molecule has 0 radical (unpaired) electrons. The first-order valence-electron chi connectivity index (χ1n) is 7.63. The van der Waals surface area contributed by atoms with Gasteiger partial charge in [0.1, 0.15) is 0 Å². The van der Waals surface area contributed by atoms with Crippen molar-refractivity contribution in [1.82, 2.24) is 10.3 Å². The zero-order valence-electron chi connectivity index (χ0n) is 13.7. The molecule has 2 amide bonds. The van der Waals surface area contributed by atoms with Crippen molar-refractivity contribution in [3.05, 3.63) is 35.2 Å². The summed E-state index contributed by atoms with van der Waals surface area (Å²) in [6.07, 6.45) is -5.03. The molecule has 26 heavy (non-hydrogen) atoms. The van der Waals surface area contributed by atoms with Gasteiger partial charge < -0.3 is 15.4 Å². The number of amides is 2. The van der Waals surface area contributed by atoms with E-state index in [1.807, 2.05) is 0 Å². The molecule has 0 aliphatic heterocycles. The second-order valence-corrected chi connectivity index (χ2v) is 5.92. The zero-order chi connectivity index (χ0) is 19.2. The third kappa shape index (κ3) is 5.73. The number of alkyl halides is 3. The van der Waals surface area contributed by atoms with Gasteiger partial charge in [0.25, 0.3) is 0 Å². The molecule has 0 spiro atoms. The van der Waals surface area contributed by atoms with E-state index >= 15 is 0 Å². The Labute approximate surface area is 151 Å². The molecule has 0 aliphatic carbocycles. The van der Waals surface area contributed by atoms with Gasteiger partial charge in [0.05, 0.1) is 17.9 Å². The number of carbonyl (C=O) groups excluding carboxylic acids is 2. The number of halogens is 3. The number of nitrogens with zero attached hydrogens (tertiary/aromatic N) is 1. The van der Waals surface area contributed by atoms with Crippen LogP contribution in [0.2, 0.25) is 0 Å². The fourth-order valence-electron chi connectivity index (χ4n) is 1.96. The average molecular weight is 387 g/mol. The normalized spacial score (nSPS) is 11.1. The third-order valence-electron chi connectivity index (χ3n) is 3.13. The number of rotatable bonds is 6. The number of aromatic nitrogens is 1. The van der Waals surface area contributed by atoms with Crippen LogP contribution >= 0.6 is 11.3 Å². The van der Waals surface area contributed by atoms with E-state index in [4.69, 9.17) is 0 Å². The first kappa shape index (κ1) is 19.7. The number of alkyl carbamates (subject to hydrolysis) is 1. The molecular weight excluding hydrogens is 371 g/mol. The van der Waals surface area contributed by atoms with Gasteiger partial charge in [-0.15, -0.1) is 11.3 Å². The quantitative estimate of drug-likeness (QED) is 0.788. The lowest BCUT2D eigenvalue weighted by Crippen LogP contribution is -2.28. The molecule has 10 heteroatoms. The molecule has 0 bridgehead atoms. The molecule has 0 saturated heterocycles. The molecule has 0 saturated carbocycles. The van der Waals surface area contributed by atoms with E-state index in [2.05, 4.69) is 20.4 Å². The molecule has 0 aliphatic rings. The lowest BCUT2D eigenvalue weighted by molar-refractivity contribution is -0.137. The van der Waals surface area contributed by atoms with E-state index in [1.165, 1.54) is 12.1 Å². The molecule has 1 aromatic heterocycles. The molecule has 2 N–H and O–H groups in total. The number of thiazole rings is 1. The Hall–Kier alpha value is -2.62. The van der Waals surface area contributed by atoms with Crippen LogP contribution in [-0.2, 0) is 15.7 Å². The molecular formula is C16H16F3N3O3S. The summed E-state index contributed by atoms with van der Waals surface area (Å²) >= 11 is 1.10. The Morgan fingerprint density at radius 3 is 2.77 bits per heavy atom. The average Bonchev–Trinajstić information content (AvgIpc) is 3.03. The Kier molecular flexibility index (Phi) is 6.56. The highest BCUT2D eigenvalue weighted by molar-refractivity contribution is 7.14. The highest BCUT2D eigenvalue weighted by atomic mass is 32.1. The Balaban J connectivity index is 1.93. The predicted octanol–water partition coefficient (Wildman–Crippen LogP) is 3.90. The van der Waals surface area contributed by atoms with Crippen molar-refractivity contribution >= 4 is 28.5 Å². The molecule has 0 atom stereocenters. The lowest BCUT2D eigenvalue weighted by atomic mass is 10.1. The van der Waals surface area contributed by atoms with Crippen LogP contribution in [0, 0.1) is 0 Å². The second kappa shape index (κ2) is 8.65. The van der Waals surface area contributed by atoms with Crippen molar-refractivity contribution in [3.63, 3.8) is 0 Å². The van der Waals surface area contributed by atoms with Crippen LogP contribution in [0.3, 0.4) is 0 Å². The molecule has 2 aromatic rings. The van der Waals surface area contributed by atoms with E-state index in [9.17, 15) is 22.8 Å². The third-order valence-corrected chi connectivity index (χ3v) is 3.89. The number of nitrogens with one attached hydrogen (secondary N) is 2. The molecule has 0 fully saturated rings. The molecule has 1 heterocycles. The van der Waals surface area contributed by atoms with E-state index in [0.29, 0.717) is 11.3 Å². The summed E-state index contributed by atoms with van der Waals surface area (Å²) in [5, 5.41) is 6.76. The van der Waals surface area contributed by atoms with Gasteiger partial charge in [0.2, 0.25) is 5.91 Å². The Morgan fingerprint density at radius 1 is 1.31 bits per heavy atom. The number of ether oxygens (including phenoxy) is 1. The highest BCUT2D eigenvalue weighted by Gasteiger charge is 2.30. The minimum Gasteiger partial charge on any atom is -0.450 e. The van der Waals surface area contributed by atoms with E-state index in [0.717, 1.165) is 23.5 Å². The Morgan fingerprint density at radius 2 is 2.08 bits per heavy atom. The molecule has 1 aromatic carbocycles. The number of hydrogen-bond acceptors (Lipinski definition) is 5. The van der Waals surface area contributed by atoms with Gasteiger partial charge in [0, 0.05) is 23.9 Å². The molecule has 140 valence electrons. The molecule has 0 unspecified atom stereocenters. The first-order chi connectivity index (χ1) is 12.3. The van der Waals surface area contributed by atoms with Gasteiger partial charge in [-0.1, -0.05) is 12.1 Å². The van der Waals surface area contributed by atoms with Crippen molar-refractivity contribution in [3.8, 4) is 11.3 Å². The number of carbonyl (C=O) groups is 2. The van der Waals surface area contributed by atoms with Gasteiger partial charge >= 0.3 is 12.3 Å². The van der Waals surface area contributed by atoms with E-state index in [-0.39, 0.29) is 30.6 Å². The topological polar surface area (TPSA) is 80.3 Å². The van der Waals surface area contributed by atoms with E-state index < -0.39 is 17.8 Å². The van der Waals surface area contributed by atoms with Crippen LogP contribution in [-0.4, -0.2) is 30.1 Å². The smallest absolute Gasteiger partial charge is 0.416 e. The first-order valence-corrected chi connectivity index (χ1v) is 8.51. The van der Waals surface area contributed by atoms with E-state index in [1.54, 1.807) is 12.3 Å². The second-order valence-electron chi connectivity index (χ2n) is 5.06.